The molecule has 0 fully saturated rings. The molecule has 0 saturated carbocycles. The maximum absolute atomic E-state index is 11.5. The average molecular weight is 238 g/mol. The van der Waals surface area contributed by atoms with Crippen molar-refractivity contribution in [3.8, 4) is 0 Å². The van der Waals surface area contributed by atoms with Crippen molar-refractivity contribution in [1.29, 1.82) is 0 Å². The van der Waals surface area contributed by atoms with Gasteiger partial charge in [0.25, 0.3) is 0 Å². The van der Waals surface area contributed by atoms with Crippen LogP contribution in [0, 0.1) is 6.92 Å². The van der Waals surface area contributed by atoms with E-state index in [2.05, 4.69) is 10.6 Å². The molecule has 0 aromatic heterocycles. The van der Waals surface area contributed by atoms with Gasteiger partial charge in [0.1, 0.15) is 5.60 Å². The van der Waals surface area contributed by atoms with Gasteiger partial charge in [-0.25, -0.2) is 4.79 Å². The average Bonchev–Trinajstić information content (AvgIpc) is 2.27. The zero-order valence-electron chi connectivity index (χ0n) is 10.0. The minimum absolute atomic E-state index is 0.0127. The summed E-state index contributed by atoms with van der Waals surface area (Å²) >= 11 is 0. The van der Waals surface area contributed by atoms with Crippen LogP contribution in [-0.2, 0) is 0 Å². The lowest BCUT2D eigenvalue weighted by Gasteiger charge is -2.20. The first kappa shape index (κ1) is 13.5. The van der Waals surface area contributed by atoms with Crippen LogP contribution in [0.1, 0.15) is 12.5 Å². The first-order valence-corrected chi connectivity index (χ1v) is 5.38. The van der Waals surface area contributed by atoms with Crippen LogP contribution in [0.2, 0.25) is 0 Å². The minimum atomic E-state index is -1.30. The summed E-state index contributed by atoms with van der Waals surface area (Å²) in [4.78, 5) is 11.5. The number of anilines is 1. The van der Waals surface area contributed by atoms with Crippen LogP contribution in [0.25, 0.3) is 0 Å². The Morgan fingerprint density at radius 2 is 2.18 bits per heavy atom. The van der Waals surface area contributed by atoms with Gasteiger partial charge in [0.2, 0.25) is 0 Å². The predicted octanol–water partition coefficient (Wildman–Crippen LogP) is 0.860. The minimum Gasteiger partial charge on any atom is -0.393 e. The summed E-state index contributed by atoms with van der Waals surface area (Å²) in [7, 11) is 0. The highest BCUT2D eigenvalue weighted by Crippen LogP contribution is 2.09. The summed E-state index contributed by atoms with van der Waals surface area (Å²) in [5.41, 5.74) is 0.431. The Hall–Kier alpha value is -1.59. The van der Waals surface area contributed by atoms with Gasteiger partial charge < -0.3 is 20.8 Å². The number of nitrogens with one attached hydrogen (secondary N) is 2. The SMILES string of the molecule is Cc1cccc(NC(=O)NCC(C)(O)CO)c1. The predicted molar refractivity (Wildman–Crippen MR) is 65.9 cm³/mol. The Labute approximate surface area is 100 Å². The normalized spacial score (nSPS) is 13.9. The van der Waals surface area contributed by atoms with Crippen molar-refractivity contribution in [3.05, 3.63) is 29.8 Å². The van der Waals surface area contributed by atoms with E-state index in [1.54, 1.807) is 6.07 Å². The van der Waals surface area contributed by atoms with Crippen molar-refractivity contribution in [2.45, 2.75) is 19.4 Å². The number of hydrogen-bond donors (Lipinski definition) is 4. The lowest BCUT2D eigenvalue weighted by molar-refractivity contribution is 0.00514. The molecule has 0 bridgehead atoms. The van der Waals surface area contributed by atoms with Crippen molar-refractivity contribution in [1.82, 2.24) is 5.32 Å². The first-order valence-electron chi connectivity index (χ1n) is 5.38. The molecule has 1 rings (SSSR count). The Morgan fingerprint density at radius 1 is 1.47 bits per heavy atom. The number of carbonyl (C=O) groups is 1. The maximum atomic E-state index is 11.5. The molecule has 1 aromatic rings. The van der Waals surface area contributed by atoms with E-state index in [4.69, 9.17) is 5.11 Å². The number of rotatable bonds is 4. The van der Waals surface area contributed by atoms with Gasteiger partial charge in [0.05, 0.1) is 13.2 Å². The van der Waals surface area contributed by atoms with E-state index in [-0.39, 0.29) is 6.54 Å². The summed E-state index contributed by atoms with van der Waals surface area (Å²) in [6.07, 6.45) is 0. The van der Waals surface area contributed by atoms with E-state index < -0.39 is 18.2 Å². The molecule has 0 radical (unpaired) electrons. The van der Waals surface area contributed by atoms with Gasteiger partial charge in [-0.15, -0.1) is 0 Å². The number of hydrogen-bond acceptors (Lipinski definition) is 3. The molecule has 1 atom stereocenters. The van der Waals surface area contributed by atoms with Crippen molar-refractivity contribution in [2.24, 2.45) is 0 Å². The van der Waals surface area contributed by atoms with Crippen LogP contribution < -0.4 is 10.6 Å². The molecule has 5 nitrogen and oxygen atoms in total. The molecular formula is C12H18N2O3. The van der Waals surface area contributed by atoms with Crippen LogP contribution in [0.3, 0.4) is 0 Å². The Kier molecular flexibility index (Phi) is 4.48. The Bertz CT molecular complexity index is 391. The number of benzene rings is 1. The summed E-state index contributed by atoms with van der Waals surface area (Å²) < 4.78 is 0. The maximum Gasteiger partial charge on any atom is 0.319 e. The third-order valence-corrected chi connectivity index (χ3v) is 2.25. The third kappa shape index (κ3) is 4.84. The second kappa shape index (κ2) is 5.65. The summed E-state index contributed by atoms with van der Waals surface area (Å²) in [6, 6.07) is 6.97. The number of aliphatic hydroxyl groups is 2. The summed E-state index contributed by atoms with van der Waals surface area (Å²) in [6.45, 7) is 2.96. The number of carbonyl (C=O) groups excluding carboxylic acids is 1. The van der Waals surface area contributed by atoms with Crippen LogP contribution >= 0.6 is 0 Å². The van der Waals surface area contributed by atoms with Gasteiger partial charge in [0.15, 0.2) is 0 Å². The second-order valence-electron chi connectivity index (χ2n) is 4.33. The van der Waals surface area contributed by atoms with Gasteiger partial charge >= 0.3 is 6.03 Å². The van der Waals surface area contributed by atoms with E-state index in [0.717, 1.165) is 5.56 Å². The van der Waals surface area contributed by atoms with E-state index in [9.17, 15) is 9.90 Å². The number of amides is 2. The van der Waals surface area contributed by atoms with Crippen molar-refractivity contribution in [3.63, 3.8) is 0 Å². The van der Waals surface area contributed by atoms with E-state index in [1.807, 2.05) is 25.1 Å². The highest BCUT2D eigenvalue weighted by Gasteiger charge is 2.19. The van der Waals surface area contributed by atoms with Gasteiger partial charge in [-0.2, -0.15) is 0 Å². The second-order valence-corrected chi connectivity index (χ2v) is 4.33. The summed E-state index contributed by atoms with van der Waals surface area (Å²) in [5.74, 6) is 0. The van der Waals surface area contributed by atoms with Crippen LogP contribution in [0.4, 0.5) is 10.5 Å². The van der Waals surface area contributed by atoms with Crippen molar-refractivity contribution < 1.29 is 15.0 Å². The molecule has 0 aliphatic rings. The largest absolute Gasteiger partial charge is 0.393 e. The molecule has 94 valence electrons. The van der Waals surface area contributed by atoms with Gasteiger partial charge in [-0.1, -0.05) is 12.1 Å². The monoisotopic (exact) mass is 238 g/mol. The van der Waals surface area contributed by atoms with Crippen molar-refractivity contribution >= 4 is 11.7 Å². The third-order valence-electron chi connectivity index (χ3n) is 2.25. The Balaban J connectivity index is 2.45. The number of aryl methyl sites for hydroxylation is 1. The highest BCUT2D eigenvalue weighted by molar-refractivity contribution is 5.89. The molecular weight excluding hydrogens is 220 g/mol. The fourth-order valence-corrected chi connectivity index (χ4v) is 1.22. The number of aliphatic hydroxyl groups excluding tert-OH is 1. The van der Waals surface area contributed by atoms with Crippen molar-refractivity contribution in [2.75, 3.05) is 18.5 Å². The molecule has 1 aromatic carbocycles. The standard InChI is InChI=1S/C12H18N2O3/c1-9-4-3-5-10(6-9)14-11(16)13-7-12(2,17)8-15/h3-6,15,17H,7-8H2,1-2H3,(H2,13,14,16). The molecule has 4 N–H and O–H groups in total. The fraction of sp³-hybridized carbons (Fsp3) is 0.417. The van der Waals surface area contributed by atoms with Gasteiger partial charge in [-0.05, 0) is 31.5 Å². The fourth-order valence-electron chi connectivity index (χ4n) is 1.22. The topological polar surface area (TPSA) is 81.6 Å². The van der Waals surface area contributed by atoms with Crippen LogP contribution in [-0.4, -0.2) is 35.0 Å². The molecule has 17 heavy (non-hydrogen) atoms. The molecule has 0 saturated heterocycles. The highest BCUT2D eigenvalue weighted by atomic mass is 16.3. The molecule has 5 heteroatoms. The molecule has 0 aliphatic carbocycles. The van der Waals surface area contributed by atoms with E-state index in [0.29, 0.717) is 5.69 Å². The molecule has 0 heterocycles. The van der Waals surface area contributed by atoms with Crippen LogP contribution in [0.15, 0.2) is 24.3 Å². The summed E-state index contributed by atoms with van der Waals surface area (Å²) in [5, 5.41) is 23.4. The molecule has 0 spiro atoms. The zero-order chi connectivity index (χ0) is 12.9. The lowest BCUT2D eigenvalue weighted by atomic mass is 10.1. The molecule has 0 aliphatic heterocycles. The van der Waals surface area contributed by atoms with E-state index >= 15 is 0 Å². The molecule has 1 unspecified atom stereocenters. The van der Waals surface area contributed by atoms with Crippen LogP contribution in [0.5, 0.6) is 0 Å². The quantitative estimate of drug-likeness (QED) is 0.628. The van der Waals surface area contributed by atoms with Gasteiger partial charge in [0, 0.05) is 5.69 Å². The molecule has 2 amide bonds. The lowest BCUT2D eigenvalue weighted by Crippen LogP contribution is -2.44. The smallest absolute Gasteiger partial charge is 0.319 e. The first-order chi connectivity index (χ1) is 7.93. The zero-order valence-corrected chi connectivity index (χ0v) is 10.0. The van der Waals surface area contributed by atoms with E-state index in [1.165, 1.54) is 6.92 Å². The Morgan fingerprint density at radius 3 is 2.76 bits per heavy atom. The number of urea groups is 1. The van der Waals surface area contributed by atoms with Gasteiger partial charge in [-0.3, -0.25) is 0 Å².